The van der Waals surface area contributed by atoms with Crippen LogP contribution in [-0.2, 0) is 0 Å². The Morgan fingerprint density at radius 2 is 1.88 bits per heavy atom. The molecule has 2 atom stereocenters. The van der Waals surface area contributed by atoms with Gasteiger partial charge in [0.2, 0.25) is 0 Å². The van der Waals surface area contributed by atoms with E-state index in [1.807, 2.05) is 52.1 Å². The second-order valence-corrected chi connectivity index (χ2v) is 9.06. The Morgan fingerprint density at radius 1 is 1.03 bits per heavy atom. The lowest BCUT2D eigenvalue weighted by Gasteiger charge is -2.29. The van der Waals surface area contributed by atoms with Gasteiger partial charge in [-0.3, -0.25) is 4.98 Å². The van der Waals surface area contributed by atoms with Gasteiger partial charge in [0.15, 0.2) is 5.11 Å². The first-order valence-corrected chi connectivity index (χ1v) is 11.5. The van der Waals surface area contributed by atoms with Crippen molar-refractivity contribution in [1.29, 1.82) is 0 Å². The second-order valence-electron chi connectivity index (χ2n) is 7.83. The van der Waals surface area contributed by atoms with Crippen molar-refractivity contribution in [3.63, 3.8) is 0 Å². The van der Waals surface area contributed by atoms with Gasteiger partial charge in [0, 0.05) is 28.8 Å². The molecule has 1 aliphatic heterocycles. The largest absolute Gasteiger partial charge is 0.351 e. The number of nitrogens with one attached hydrogen (secondary N) is 1. The molecule has 0 aliphatic carbocycles. The smallest absolute Gasteiger partial charge is 0.174 e. The van der Waals surface area contributed by atoms with Crippen LogP contribution in [0, 0.1) is 12.7 Å². The number of anilines is 1. The molecular formula is C25H19Cl2FN4S. The number of benzene rings is 2. The van der Waals surface area contributed by atoms with Gasteiger partial charge in [-0.1, -0.05) is 29.3 Å². The van der Waals surface area contributed by atoms with Crippen LogP contribution in [0.2, 0.25) is 10.0 Å². The van der Waals surface area contributed by atoms with Crippen LogP contribution >= 0.6 is 35.4 Å². The number of hydrogen-bond acceptors (Lipinski definition) is 2. The SMILES string of the molecule is Cc1cc(N2C(=S)N[C@@H](c3ccccn3)[C@@H]2c2cccn2-c2ccc(Cl)cc2Cl)ccc1F. The molecule has 1 N–H and O–H groups in total. The van der Waals surface area contributed by atoms with Crippen molar-refractivity contribution in [2.24, 2.45) is 0 Å². The zero-order valence-corrected chi connectivity index (χ0v) is 19.9. The Balaban J connectivity index is 1.69. The summed E-state index contributed by atoms with van der Waals surface area (Å²) in [6.45, 7) is 1.74. The fraction of sp³-hybridized carbons (Fsp3) is 0.120. The van der Waals surface area contributed by atoms with Gasteiger partial charge in [-0.05, 0) is 85.4 Å². The molecule has 4 nitrogen and oxygen atoms in total. The summed E-state index contributed by atoms with van der Waals surface area (Å²) in [7, 11) is 0. The monoisotopic (exact) mass is 496 g/mol. The van der Waals surface area contributed by atoms with Gasteiger partial charge in [-0.15, -0.1) is 0 Å². The van der Waals surface area contributed by atoms with Crippen LogP contribution in [0.15, 0.2) is 79.1 Å². The molecule has 0 bridgehead atoms. The summed E-state index contributed by atoms with van der Waals surface area (Å²) in [5, 5.41) is 5.07. The number of thiocarbonyl (C=S) groups is 1. The molecular weight excluding hydrogens is 478 g/mol. The third kappa shape index (κ3) is 3.99. The van der Waals surface area contributed by atoms with Crippen molar-refractivity contribution >= 4 is 46.2 Å². The minimum absolute atomic E-state index is 0.233. The molecule has 1 saturated heterocycles. The molecule has 2 aromatic heterocycles. The van der Waals surface area contributed by atoms with Gasteiger partial charge in [-0.25, -0.2) is 4.39 Å². The van der Waals surface area contributed by atoms with Gasteiger partial charge in [0.05, 0.1) is 22.4 Å². The normalized spacial score (nSPS) is 17.9. The number of aromatic nitrogens is 2. The third-order valence-electron chi connectivity index (χ3n) is 5.77. The first-order valence-electron chi connectivity index (χ1n) is 10.3. The summed E-state index contributed by atoms with van der Waals surface area (Å²) in [5.41, 5.74) is 3.94. The van der Waals surface area contributed by atoms with Gasteiger partial charge in [-0.2, -0.15) is 0 Å². The van der Waals surface area contributed by atoms with Crippen LogP contribution in [0.1, 0.15) is 29.0 Å². The highest BCUT2D eigenvalue weighted by atomic mass is 35.5. The Bertz CT molecular complexity index is 1340. The average Bonchev–Trinajstić information content (AvgIpc) is 3.40. The lowest BCUT2D eigenvalue weighted by Crippen LogP contribution is -2.30. The van der Waals surface area contributed by atoms with E-state index >= 15 is 0 Å². The fourth-order valence-corrected chi connectivity index (χ4v) is 5.09. The summed E-state index contributed by atoms with van der Waals surface area (Å²) >= 11 is 18.5. The third-order valence-corrected chi connectivity index (χ3v) is 6.62. The summed E-state index contributed by atoms with van der Waals surface area (Å²) in [6.07, 6.45) is 3.71. The number of pyridine rings is 1. The van der Waals surface area contributed by atoms with E-state index in [1.165, 1.54) is 6.07 Å². The van der Waals surface area contributed by atoms with Crippen LogP contribution in [0.25, 0.3) is 5.69 Å². The Kier molecular flexibility index (Phi) is 5.83. The molecule has 1 fully saturated rings. The van der Waals surface area contributed by atoms with Crippen molar-refractivity contribution < 1.29 is 4.39 Å². The number of hydrogen-bond donors (Lipinski definition) is 1. The highest BCUT2D eigenvalue weighted by Crippen LogP contribution is 2.43. The molecule has 1 aliphatic rings. The molecule has 8 heteroatoms. The van der Waals surface area contributed by atoms with Gasteiger partial charge < -0.3 is 14.8 Å². The lowest BCUT2D eigenvalue weighted by molar-refractivity contribution is 0.549. The van der Waals surface area contributed by atoms with Crippen LogP contribution in [-0.4, -0.2) is 14.7 Å². The minimum atomic E-state index is -0.265. The van der Waals surface area contributed by atoms with Crippen molar-refractivity contribution in [3.8, 4) is 5.69 Å². The first kappa shape index (κ1) is 21.9. The van der Waals surface area contributed by atoms with E-state index in [2.05, 4.69) is 10.3 Å². The summed E-state index contributed by atoms with van der Waals surface area (Å²) in [6, 6.07) is 19.7. The van der Waals surface area contributed by atoms with Gasteiger partial charge in [0.25, 0.3) is 0 Å². The molecule has 4 aromatic rings. The number of nitrogens with zero attached hydrogens (tertiary/aromatic N) is 3. The van der Waals surface area contributed by atoms with E-state index < -0.39 is 0 Å². The van der Waals surface area contributed by atoms with E-state index in [-0.39, 0.29) is 17.9 Å². The second kappa shape index (κ2) is 8.78. The number of rotatable bonds is 4. The van der Waals surface area contributed by atoms with E-state index in [9.17, 15) is 4.39 Å². The Hall–Kier alpha value is -2.93. The van der Waals surface area contributed by atoms with Crippen molar-refractivity contribution in [1.82, 2.24) is 14.9 Å². The van der Waals surface area contributed by atoms with Crippen molar-refractivity contribution in [3.05, 3.63) is 112 Å². The molecule has 0 spiro atoms. The standard InChI is InChI=1S/C25H19Cl2FN4S/c1-15-13-17(8-9-19(15)28)32-24(23(30-25(32)33)20-5-2-3-11-29-20)22-6-4-12-31(22)21-10-7-16(26)14-18(21)27/h2-14,23-24H,1H3,(H,30,33)/t23-,24-/m0/s1. The average molecular weight is 497 g/mol. The summed E-state index contributed by atoms with van der Waals surface area (Å²) in [4.78, 5) is 6.60. The van der Waals surface area contributed by atoms with Crippen LogP contribution in [0.5, 0.6) is 0 Å². The highest BCUT2D eigenvalue weighted by Gasteiger charge is 2.42. The van der Waals surface area contributed by atoms with Crippen molar-refractivity contribution in [2.45, 2.75) is 19.0 Å². The van der Waals surface area contributed by atoms with Crippen molar-refractivity contribution in [2.75, 3.05) is 4.90 Å². The maximum atomic E-state index is 14.1. The zero-order chi connectivity index (χ0) is 23.1. The van der Waals surface area contributed by atoms with E-state index in [4.69, 9.17) is 35.4 Å². The van der Waals surface area contributed by atoms with Gasteiger partial charge in [0.1, 0.15) is 11.9 Å². The minimum Gasteiger partial charge on any atom is -0.351 e. The molecule has 2 aromatic carbocycles. The van der Waals surface area contributed by atoms with E-state index in [0.717, 1.165) is 22.8 Å². The lowest BCUT2D eigenvalue weighted by atomic mass is 10.0. The van der Waals surface area contributed by atoms with E-state index in [1.54, 1.807) is 37.4 Å². The molecule has 0 saturated carbocycles. The van der Waals surface area contributed by atoms with Crippen LogP contribution < -0.4 is 10.2 Å². The fourth-order valence-electron chi connectivity index (χ4n) is 4.24. The predicted molar refractivity (Wildman–Crippen MR) is 135 cm³/mol. The molecule has 3 heterocycles. The molecule has 33 heavy (non-hydrogen) atoms. The van der Waals surface area contributed by atoms with E-state index in [0.29, 0.717) is 20.7 Å². The zero-order valence-electron chi connectivity index (χ0n) is 17.5. The molecule has 0 radical (unpaired) electrons. The summed E-state index contributed by atoms with van der Waals surface area (Å²) in [5.74, 6) is -0.258. The topological polar surface area (TPSA) is 33.1 Å². The quantitative estimate of drug-likeness (QED) is 0.314. The maximum absolute atomic E-state index is 14.1. The Morgan fingerprint density at radius 3 is 2.61 bits per heavy atom. The molecule has 166 valence electrons. The van der Waals surface area contributed by atoms with Crippen LogP contribution in [0.4, 0.5) is 10.1 Å². The van der Waals surface area contributed by atoms with Gasteiger partial charge >= 0.3 is 0 Å². The predicted octanol–water partition coefficient (Wildman–Crippen LogP) is 6.80. The maximum Gasteiger partial charge on any atom is 0.174 e. The Labute approximate surface area is 206 Å². The first-order chi connectivity index (χ1) is 15.9. The molecule has 0 unspecified atom stereocenters. The molecule has 5 rings (SSSR count). The highest BCUT2D eigenvalue weighted by molar-refractivity contribution is 7.80. The number of aryl methyl sites for hydroxylation is 1. The van der Waals surface area contributed by atoms with Crippen LogP contribution in [0.3, 0.4) is 0 Å². The molecule has 0 amide bonds. The number of halogens is 3. The summed E-state index contributed by atoms with van der Waals surface area (Å²) < 4.78 is 16.1.